The maximum absolute atomic E-state index is 12.8. The molecule has 1 aliphatic carbocycles. The summed E-state index contributed by atoms with van der Waals surface area (Å²) in [5.74, 6) is 0.112. The average Bonchev–Trinajstić information content (AvgIpc) is 3.32. The zero-order chi connectivity index (χ0) is 15.1. The van der Waals surface area contributed by atoms with Crippen LogP contribution in [-0.2, 0) is 0 Å². The number of carbonyl (C=O) groups excluding carboxylic acids is 2. The van der Waals surface area contributed by atoms with Crippen LogP contribution in [0.15, 0.2) is 24.3 Å². The Morgan fingerprint density at radius 1 is 0.864 bits per heavy atom. The van der Waals surface area contributed by atoms with Gasteiger partial charge >= 0.3 is 0 Å². The Balaban J connectivity index is 1.48. The van der Waals surface area contributed by atoms with Gasteiger partial charge in [0.25, 0.3) is 11.8 Å². The number of hydrogen-bond acceptors (Lipinski definition) is 2. The van der Waals surface area contributed by atoms with E-state index in [-0.39, 0.29) is 11.8 Å². The van der Waals surface area contributed by atoms with Gasteiger partial charge in [-0.05, 0) is 69.2 Å². The second kappa shape index (κ2) is 5.41. The predicted octanol–water partition coefficient (Wildman–Crippen LogP) is 2.74. The van der Waals surface area contributed by atoms with Crippen molar-refractivity contribution in [3.05, 3.63) is 35.4 Å². The number of benzene rings is 1. The fourth-order valence-corrected chi connectivity index (χ4v) is 3.86. The van der Waals surface area contributed by atoms with E-state index in [1.54, 1.807) is 24.3 Å². The van der Waals surface area contributed by atoms with Gasteiger partial charge in [-0.3, -0.25) is 9.59 Å². The molecule has 2 bridgehead atoms. The number of fused-ring (bicyclic) bond motifs is 2. The SMILES string of the molecule is O=C(NC1CC1)c1ccc(C(=O)N2C3CCCC2CC3)cc1. The molecule has 2 amide bonds. The van der Waals surface area contributed by atoms with Crippen LogP contribution in [0.1, 0.15) is 65.7 Å². The van der Waals surface area contributed by atoms with E-state index in [9.17, 15) is 9.59 Å². The molecule has 116 valence electrons. The lowest BCUT2D eigenvalue weighted by molar-refractivity contribution is 0.0595. The average molecular weight is 298 g/mol. The lowest BCUT2D eigenvalue weighted by atomic mass is 10.0. The van der Waals surface area contributed by atoms with Gasteiger partial charge in [-0.1, -0.05) is 0 Å². The molecule has 1 aromatic carbocycles. The lowest BCUT2D eigenvalue weighted by Gasteiger charge is -2.34. The molecule has 2 atom stereocenters. The van der Waals surface area contributed by atoms with Gasteiger partial charge in [-0.25, -0.2) is 0 Å². The van der Waals surface area contributed by atoms with E-state index in [1.807, 2.05) is 0 Å². The van der Waals surface area contributed by atoms with E-state index in [2.05, 4.69) is 10.2 Å². The van der Waals surface area contributed by atoms with Crippen molar-refractivity contribution >= 4 is 11.8 Å². The number of amides is 2. The van der Waals surface area contributed by atoms with Gasteiger partial charge in [0.15, 0.2) is 0 Å². The van der Waals surface area contributed by atoms with Crippen LogP contribution in [0.3, 0.4) is 0 Å². The van der Waals surface area contributed by atoms with E-state index in [0.29, 0.717) is 29.3 Å². The molecule has 2 heterocycles. The first kappa shape index (κ1) is 13.8. The Morgan fingerprint density at radius 2 is 1.45 bits per heavy atom. The van der Waals surface area contributed by atoms with Gasteiger partial charge in [0.1, 0.15) is 0 Å². The number of nitrogens with one attached hydrogen (secondary N) is 1. The van der Waals surface area contributed by atoms with Crippen LogP contribution >= 0.6 is 0 Å². The predicted molar refractivity (Wildman–Crippen MR) is 83.8 cm³/mol. The summed E-state index contributed by atoms with van der Waals surface area (Å²) in [7, 11) is 0. The topological polar surface area (TPSA) is 49.4 Å². The first-order valence-corrected chi connectivity index (χ1v) is 8.46. The van der Waals surface area contributed by atoms with Gasteiger partial charge in [0, 0.05) is 29.3 Å². The minimum atomic E-state index is -0.0282. The lowest BCUT2D eigenvalue weighted by Crippen LogP contribution is -2.44. The van der Waals surface area contributed by atoms with Crippen molar-refractivity contribution in [1.82, 2.24) is 10.2 Å². The highest BCUT2D eigenvalue weighted by Gasteiger charge is 2.39. The summed E-state index contributed by atoms with van der Waals surface area (Å²) in [5.41, 5.74) is 1.35. The molecular formula is C18H22N2O2. The summed E-state index contributed by atoms with van der Waals surface area (Å²) in [6.07, 6.45) is 8.00. The molecule has 4 rings (SSSR count). The van der Waals surface area contributed by atoms with Crippen LogP contribution in [-0.4, -0.2) is 34.8 Å². The van der Waals surface area contributed by atoms with Crippen molar-refractivity contribution in [2.24, 2.45) is 0 Å². The highest BCUT2D eigenvalue weighted by molar-refractivity contribution is 5.98. The summed E-state index contributed by atoms with van der Waals surface area (Å²) < 4.78 is 0. The van der Waals surface area contributed by atoms with Crippen molar-refractivity contribution in [3.8, 4) is 0 Å². The zero-order valence-electron chi connectivity index (χ0n) is 12.8. The monoisotopic (exact) mass is 298 g/mol. The third-order valence-electron chi connectivity index (χ3n) is 5.24. The van der Waals surface area contributed by atoms with Crippen LogP contribution in [0.2, 0.25) is 0 Å². The standard InChI is InChI=1S/C18H22N2O2/c21-17(19-14-8-9-14)12-4-6-13(7-5-12)18(22)20-15-2-1-3-16(20)11-10-15/h4-7,14-16H,1-3,8-11H2,(H,19,21). The molecule has 3 fully saturated rings. The first-order valence-electron chi connectivity index (χ1n) is 8.46. The summed E-state index contributed by atoms with van der Waals surface area (Å²) in [4.78, 5) is 26.8. The summed E-state index contributed by atoms with van der Waals surface area (Å²) in [6.45, 7) is 0. The van der Waals surface area contributed by atoms with Gasteiger partial charge in [0.2, 0.25) is 0 Å². The third kappa shape index (κ3) is 2.51. The minimum absolute atomic E-state index is 0.0282. The van der Waals surface area contributed by atoms with Crippen LogP contribution < -0.4 is 5.32 Å². The smallest absolute Gasteiger partial charge is 0.254 e. The molecule has 3 aliphatic rings. The molecule has 1 N–H and O–H groups in total. The van der Waals surface area contributed by atoms with E-state index in [0.717, 1.165) is 38.5 Å². The molecule has 2 unspecified atom stereocenters. The van der Waals surface area contributed by atoms with Crippen LogP contribution in [0.25, 0.3) is 0 Å². The quantitative estimate of drug-likeness (QED) is 0.933. The molecule has 0 radical (unpaired) electrons. The molecule has 4 nitrogen and oxygen atoms in total. The van der Waals surface area contributed by atoms with Gasteiger partial charge in [-0.2, -0.15) is 0 Å². The highest BCUT2D eigenvalue weighted by Crippen LogP contribution is 2.36. The number of rotatable bonds is 3. The minimum Gasteiger partial charge on any atom is -0.349 e. The number of carbonyl (C=O) groups is 2. The Labute approximate surface area is 130 Å². The molecular weight excluding hydrogens is 276 g/mol. The fourth-order valence-electron chi connectivity index (χ4n) is 3.86. The van der Waals surface area contributed by atoms with Gasteiger partial charge in [-0.15, -0.1) is 0 Å². The van der Waals surface area contributed by atoms with Crippen LogP contribution in [0.4, 0.5) is 0 Å². The molecule has 2 saturated heterocycles. The molecule has 2 aliphatic heterocycles. The van der Waals surface area contributed by atoms with Crippen LogP contribution in [0.5, 0.6) is 0 Å². The fraction of sp³-hybridized carbons (Fsp3) is 0.556. The summed E-state index contributed by atoms with van der Waals surface area (Å²) in [6, 6.07) is 8.38. The Morgan fingerprint density at radius 3 is 2.05 bits per heavy atom. The summed E-state index contributed by atoms with van der Waals surface area (Å²) >= 11 is 0. The Hall–Kier alpha value is -1.84. The summed E-state index contributed by atoms with van der Waals surface area (Å²) in [5, 5.41) is 2.97. The second-order valence-electron chi connectivity index (χ2n) is 6.85. The first-order chi connectivity index (χ1) is 10.7. The molecule has 0 aromatic heterocycles. The molecule has 1 saturated carbocycles. The highest BCUT2D eigenvalue weighted by atomic mass is 16.2. The molecule has 0 spiro atoms. The zero-order valence-corrected chi connectivity index (χ0v) is 12.8. The van der Waals surface area contributed by atoms with E-state index in [1.165, 1.54) is 6.42 Å². The largest absolute Gasteiger partial charge is 0.349 e. The van der Waals surface area contributed by atoms with Crippen LogP contribution in [0, 0.1) is 0 Å². The normalized spacial score (nSPS) is 26.8. The van der Waals surface area contributed by atoms with E-state index in [4.69, 9.17) is 0 Å². The molecule has 22 heavy (non-hydrogen) atoms. The molecule has 4 heteroatoms. The van der Waals surface area contributed by atoms with Crippen molar-refractivity contribution in [3.63, 3.8) is 0 Å². The third-order valence-corrected chi connectivity index (χ3v) is 5.24. The van der Waals surface area contributed by atoms with Gasteiger partial charge in [0.05, 0.1) is 0 Å². The van der Waals surface area contributed by atoms with Crippen molar-refractivity contribution in [2.75, 3.05) is 0 Å². The number of piperidine rings is 1. The van der Waals surface area contributed by atoms with E-state index >= 15 is 0 Å². The maximum Gasteiger partial charge on any atom is 0.254 e. The van der Waals surface area contributed by atoms with Crippen molar-refractivity contribution in [2.45, 2.75) is 63.1 Å². The van der Waals surface area contributed by atoms with Gasteiger partial charge < -0.3 is 10.2 Å². The van der Waals surface area contributed by atoms with Crippen molar-refractivity contribution in [1.29, 1.82) is 0 Å². The Kier molecular flexibility index (Phi) is 3.40. The van der Waals surface area contributed by atoms with Crippen molar-refractivity contribution < 1.29 is 9.59 Å². The Bertz CT molecular complexity index is 576. The number of nitrogens with zero attached hydrogens (tertiary/aromatic N) is 1. The molecule has 1 aromatic rings. The van der Waals surface area contributed by atoms with E-state index < -0.39 is 0 Å². The number of hydrogen-bond donors (Lipinski definition) is 1. The second-order valence-corrected chi connectivity index (χ2v) is 6.85. The maximum atomic E-state index is 12.8.